The van der Waals surface area contributed by atoms with E-state index in [1.807, 2.05) is 6.92 Å². The maximum atomic E-state index is 11.6. The van der Waals surface area contributed by atoms with E-state index >= 15 is 0 Å². The molecule has 7 heteroatoms. The molecule has 0 saturated carbocycles. The van der Waals surface area contributed by atoms with Gasteiger partial charge < -0.3 is 10.6 Å². The fourth-order valence-electron chi connectivity index (χ4n) is 1.38. The molecule has 2 N–H and O–H groups in total. The third-order valence-corrected chi connectivity index (χ3v) is 2.18. The van der Waals surface area contributed by atoms with Crippen molar-refractivity contribution in [2.24, 2.45) is 7.05 Å². The Labute approximate surface area is 98.4 Å². The number of amides is 2. The number of hydrogen-bond donors (Lipinski definition) is 2. The van der Waals surface area contributed by atoms with Gasteiger partial charge in [0.15, 0.2) is 0 Å². The highest BCUT2D eigenvalue weighted by molar-refractivity contribution is 5.99. The quantitative estimate of drug-likeness (QED) is 0.839. The molecule has 0 aliphatic rings. The standard InChI is InChI=1S/C10H14N6O/c1-3-16-7-9(5-12-16)14-10(17)13-8-4-11-15(2)6-8/h4-7H,3H2,1-2H3,(H2,13,14,17). The number of nitrogens with one attached hydrogen (secondary N) is 2. The average Bonchev–Trinajstić information content (AvgIpc) is 2.88. The molecule has 2 aromatic rings. The Hall–Kier alpha value is -2.31. The molecule has 7 nitrogen and oxygen atoms in total. The molecule has 2 amide bonds. The van der Waals surface area contributed by atoms with Gasteiger partial charge in [-0.15, -0.1) is 0 Å². The first-order valence-corrected chi connectivity index (χ1v) is 5.26. The van der Waals surface area contributed by atoms with Crippen LogP contribution in [0.1, 0.15) is 6.92 Å². The molecular formula is C10H14N6O. The molecule has 0 fully saturated rings. The van der Waals surface area contributed by atoms with Crippen molar-refractivity contribution in [3.05, 3.63) is 24.8 Å². The molecule has 0 aliphatic carbocycles. The molecule has 0 atom stereocenters. The summed E-state index contributed by atoms with van der Waals surface area (Å²) >= 11 is 0. The summed E-state index contributed by atoms with van der Waals surface area (Å²) in [6.07, 6.45) is 6.67. The number of aryl methyl sites for hydroxylation is 2. The van der Waals surface area contributed by atoms with Crippen molar-refractivity contribution in [2.75, 3.05) is 10.6 Å². The summed E-state index contributed by atoms with van der Waals surface area (Å²) in [5.74, 6) is 0. The smallest absolute Gasteiger partial charge is 0.305 e. The number of aromatic nitrogens is 4. The van der Waals surface area contributed by atoms with E-state index in [2.05, 4.69) is 20.8 Å². The Morgan fingerprint density at radius 2 is 1.88 bits per heavy atom. The predicted octanol–water partition coefficient (Wildman–Crippen LogP) is 1.28. The average molecular weight is 234 g/mol. The molecule has 0 radical (unpaired) electrons. The minimum Gasteiger partial charge on any atom is -0.305 e. The lowest BCUT2D eigenvalue weighted by Gasteiger charge is -2.02. The molecular weight excluding hydrogens is 220 g/mol. The van der Waals surface area contributed by atoms with Gasteiger partial charge in [0.2, 0.25) is 0 Å². The first-order valence-electron chi connectivity index (χ1n) is 5.26. The normalized spacial score (nSPS) is 10.2. The van der Waals surface area contributed by atoms with Crippen molar-refractivity contribution in [1.29, 1.82) is 0 Å². The van der Waals surface area contributed by atoms with Gasteiger partial charge in [-0.1, -0.05) is 0 Å². The molecule has 0 bridgehead atoms. The Morgan fingerprint density at radius 1 is 1.24 bits per heavy atom. The van der Waals surface area contributed by atoms with Gasteiger partial charge in [0.1, 0.15) is 0 Å². The third-order valence-electron chi connectivity index (χ3n) is 2.18. The van der Waals surface area contributed by atoms with E-state index < -0.39 is 0 Å². The Bertz CT molecular complexity index is 514. The van der Waals surface area contributed by atoms with Crippen LogP contribution < -0.4 is 10.6 Å². The van der Waals surface area contributed by atoms with Crippen molar-refractivity contribution in [1.82, 2.24) is 19.6 Å². The maximum absolute atomic E-state index is 11.6. The third kappa shape index (κ3) is 2.83. The van der Waals surface area contributed by atoms with Crippen LogP contribution in [0.5, 0.6) is 0 Å². The zero-order valence-electron chi connectivity index (χ0n) is 9.71. The SMILES string of the molecule is CCn1cc(NC(=O)Nc2cnn(C)c2)cn1. The van der Waals surface area contributed by atoms with E-state index in [0.29, 0.717) is 11.4 Å². The lowest BCUT2D eigenvalue weighted by molar-refractivity contribution is 0.262. The van der Waals surface area contributed by atoms with Crippen LogP contribution in [-0.4, -0.2) is 25.6 Å². The topological polar surface area (TPSA) is 76.8 Å². The fourth-order valence-corrected chi connectivity index (χ4v) is 1.38. The van der Waals surface area contributed by atoms with Crippen LogP contribution in [0.4, 0.5) is 16.2 Å². The number of urea groups is 1. The molecule has 0 spiro atoms. The Morgan fingerprint density at radius 3 is 2.41 bits per heavy atom. The number of hydrogen-bond acceptors (Lipinski definition) is 3. The minimum atomic E-state index is -0.311. The summed E-state index contributed by atoms with van der Waals surface area (Å²) in [5, 5.41) is 13.4. The summed E-state index contributed by atoms with van der Waals surface area (Å²) in [7, 11) is 1.79. The van der Waals surface area contributed by atoms with Gasteiger partial charge in [-0.3, -0.25) is 9.36 Å². The van der Waals surface area contributed by atoms with Crippen molar-refractivity contribution in [2.45, 2.75) is 13.5 Å². The van der Waals surface area contributed by atoms with Gasteiger partial charge in [-0.05, 0) is 6.92 Å². The van der Waals surface area contributed by atoms with Gasteiger partial charge >= 0.3 is 6.03 Å². The predicted molar refractivity (Wildman–Crippen MR) is 63.8 cm³/mol. The second-order valence-corrected chi connectivity index (χ2v) is 3.57. The zero-order chi connectivity index (χ0) is 12.3. The summed E-state index contributed by atoms with van der Waals surface area (Å²) in [6, 6.07) is -0.311. The molecule has 17 heavy (non-hydrogen) atoms. The van der Waals surface area contributed by atoms with E-state index in [1.54, 1.807) is 41.2 Å². The van der Waals surface area contributed by atoms with Crippen molar-refractivity contribution in [3.8, 4) is 0 Å². The van der Waals surface area contributed by atoms with Crippen molar-refractivity contribution < 1.29 is 4.79 Å². The van der Waals surface area contributed by atoms with Crippen molar-refractivity contribution in [3.63, 3.8) is 0 Å². The lowest BCUT2D eigenvalue weighted by Crippen LogP contribution is -2.18. The molecule has 90 valence electrons. The van der Waals surface area contributed by atoms with Gasteiger partial charge in [0, 0.05) is 26.0 Å². The molecule has 0 aromatic carbocycles. The van der Waals surface area contributed by atoms with Crippen LogP contribution in [0.25, 0.3) is 0 Å². The molecule has 0 unspecified atom stereocenters. The molecule has 2 heterocycles. The largest absolute Gasteiger partial charge is 0.323 e. The summed E-state index contributed by atoms with van der Waals surface area (Å²) < 4.78 is 3.35. The Kier molecular flexibility index (Phi) is 3.08. The second-order valence-electron chi connectivity index (χ2n) is 3.57. The van der Waals surface area contributed by atoms with Gasteiger partial charge in [-0.2, -0.15) is 10.2 Å². The first-order chi connectivity index (χ1) is 8.17. The fraction of sp³-hybridized carbons (Fsp3) is 0.300. The molecule has 0 saturated heterocycles. The lowest BCUT2D eigenvalue weighted by atomic mass is 10.5. The number of anilines is 2. The summed E-state index contributed by atoms with van der Waals surface area (Å²) in [4.78, 5) is 11.6. The number of nitrogens with zero attached hydrogens (tertiary/aromatic N) is 4. The van der Waals surface area contributed by atoms with E-state index in [4.69, 9.17) is 0 Å². The first kappa shape index (κ1) is 11.2. The maximum Gasteiger partial charge on any atom is 0.323 e. The molecule has 2 rings (SSSR count). The highest BCUT2D eigenvalue weighted by Gasteiger charge is 2.05. The van der Waals surface area contributed by atoms with Crippen LogP contribution >= 0.6 is 0 Å². The second kappa shape index (κ2) is 4.69. The summed E-state index contributed by atoms with van der Waals surface area (Å²) in [6.45, 7) is 2.75. The monoisotopic (exact) mass is 234 g/mol. The Balaban J connectivity index is 1.93. The minimum absolute atomic E-state index is 0.311. The highest BCUT2D eigenvalue weighted by atomic mass is 16.2. The molecule has 2 aromatic heterocycles. The van der Waals surface area contributed by atoms with Gasteiger partial charge in [0.05, 0.1) is 23.8 Å². The number of rotatable bonds is 3. The van der Waals surface area contributed by atoms with Crippen LogP contribution in [-0.2, 0) is 13.6 Å². The summed E-state index contributed by atoms with van der Waals surface area (Å²) in [5.41, 5.74) is 1.31. The van der Waals surface area contributed by atoms with Crippen molar-refractivity contribution >= 4 is 17.4 Å². The van der Waals surface area contributed by atoms with Crippen LogP contribution in [0.15, 0.2) is 24.8 Å². The highest BCUT2D eigenvalue weighted by Crippen LogP contribution is 2.07. The van der Waals surface area contributed by atoms with Crippen LogP contribution in [0.3, 0.4) is 0 Å². The van der Waals surface area contributed by atoms with E-state index in [1.165, 1.54) is 0 Å². The zero-order valence-corrected chi connectivity index (χ0v) is 9.71. The van der Waals surface area contributed by atoms with E-state index in [0.717, 1.165) is 6.54 Å². The van der Waals surface area contributed by atoms with Gasteiger partial charge in [-0.25, -0.2) is 4.79 Å². The van der Waals surface area contributed by atoms with Crippen LogP contribution in [0, 0.1) is 0 Å². The molecule has 0 aliphatic heterocycles. The van der Waals surface area contributed by atoms with E-state index in [-0.39, 0.29) is 6.03 Å². The number of carbonyl (C=O) groups excluding carboxylic acids is 1. The number of carbonyl (C=O) groups is 1. The van der Waals surface area contributed by atoms with E-state index in [9.17, 15) is 4.79 Å². The van der Waals surface area contributed by atoms with Gasteiger partial charge in [0.25, 0.3) is 0 Å². The van der Waals surface area contributed by atoms with Crippen LogP contribution in [0.2, 0.25) is 0 Å².